The maximum atomic E-state index is 12.3. The van der Waals surface area contributed by atoms with Gasteiger partial charge in [0.15, 0.2) is 0 Å². The number of fused-ring (bicyclic) bond motifs is 1. The van der Waals surface area contributed by atoms with Crippen LogP contribution in [0.2, 0.25) is 0 Å². The lowest BCUT2D eigenvalue weighted by Gasteiger charge is -2.29. The molecule has 2 aromatic carbocycles. The van der Waals surface area contributed by atoms with Crippen LogP contribution in [0, 0.1) is 0 Å². The van der Waals surface area contributed by atoms with Crippen LogP contribution >= 0.6 is 11.8 Å². The molecule has 1 atom stereocenters. The minimum atomic E-state index is -0.731. The molecule has 1 aliphatic rings. The first kappa shape index (κ1) is 15.1. The molecular weight excluding hydrogens is 294 g/mol. The molecule has 0 bridgehead atoms. The van der Waals surface area contributed by atoms with Gasteiger partial charge in [-0.3, -0.25) is 0 Å². The summed E-state index contributed by atoms with van der Waals surface area (Å²) in [6.45, 7) is 0.930. The summed E-state index contributed by atoms with van der Waals surface area (Å²) in [4.78, 5) is 13.7. The van der Waals surface area contributed by atoms with E-state index in [9.17, 15) is 4.79 Å². The lowest BCUT2D eigenvalue weighted by molar-refractivity contribution is 0.0384. The standard InChI is InChI=1S/C18H19NO2S/c1-19(2)12-13-22-18(14-8-4-3-5-9-14)16-11-7-6-10-15(16)17(20)21-18/h3-11H,12-13H2,1-2H3. The van der Waals surface area contributed by atoms with E-state index in [1.165, 1.54) is 0 Å². The molecule has 0 saturated heterocycles. The highest BCUT2D eigenvalue weighted by Crippen LogP contribution is 2.49. The number of cyclic esters (lactones) is 1. The second kappa shape index (κ2) is 6.15. The van der Waals surface area contributed by atoms with Crippen molar-refractivity contribution in [3.63, 3.8) is 0 Å². The SMILES string of the molecule is CN(C)CCSC1(c2ccccc2)OC(=O)c2ccccc21. The Kier molecular flexibility index (Phi) is 4.23. The second-order valence-corrected chi connectivity index (χ2v) is 6.84. The van der Waals surface area contributed by atoms with Crippen molar-refractivity contribution < 1.29 is 9.53 Å². The molecule has 0 fully saturated rings. The van der Waals surface area contributed by atoms with Crippen LogP contribution in [-0.2, 0) is 9.67 Å². The van der Waals surface area contributed by atoms with Crippen molar-refractivity contribution in [3.05, 3.63) is 71.3 Å². The predicted octanol–water partition coefficient (Wildman–Crippen LogP) is 3.35. The van der Waals surface area contributed by atoms with Gasteiger partial charge in [-0.25, -0.2) is 4.79 Å². The average molecular weight is 313 g/mol. The summed E-state index contributed by atoms with van der Waals surface area (Å²) in [7, 11) is 4.09. The molecule has 1 unspecified atom stereocenters. The Balaban J connectivity index is 2.04. The zero-order chi connectivity index (χ0) is 15.6. The van der Waals surface area contributed by atoms with Crippen LogP contribution in [0.4, 0.5) is 0 Å². The third-order valence-corrected chi connectivity index (χ3v) is 5.07. The van der Waals surface area contributed by atoms with Gasteiger partial charge in [0.2, 0.25) is 4.93 Å². The number of benzene rings is 2. The fraction of sp³-hybridized carbons (Fsp3) is 0.278. The number of carbonyl (C=O) groups is 1. The van der Waals surface area contributed by atoms with Crippen molar-refractivity contribution in [1.29, 1.82) is 0 Å². The van der Waals surface area contributed by atoms with Crippen LogP contribution in [0.1, 0.15) is 21.5 Å². The van der Waals surface area contributed by atoms with E-state index in [2.05, 4.69) is 4.90 Å². The molecule has 0 amide bonds. The Morgan fingerprint density at radius 3 is 2.45 bits per heavy atom. The second-order valence-electron chi connectivity index (χ2n) is 5.57. The minimum Gasteiger partial charge on any atom is -0.435 e. The van der Waals surface area contributed by atoms with Crippen LogP contribution in [0.25, 0.3) is 0 Å². The van der Waals surface area contributed by atoms with Crippen LogP contribution in [0.3, 0.4) is 0 Å². The van der Waals surface area contributed by atoms with E-state index in [0.717, 1.165) is 23.4 Å². The fourth-order valence-corrected chi connectivity index (χ4v) is 4.14. The quantitative estimate of drug-likeness (QED) is 0.792. The molecule has 0 spiro atoms. The zero-order valence-electron chi connectivity index (χ0n) is 12.8. The summed E-state index contributed by atoms with van der Waals surface area (Å²) < 4.78 is 5.89. The molecule has 3 rings (SSSR count). The van der Waals surface area contributed by atoms with E-state index < -0.39 is 4.93 Å². The van der Waals surface area contributed by atoms with Gasteiger partial charge in [0.05, 0.1) is 5.56 Å². The predicted molar refractivity (Wildman–Crippen MR) is 90.1 cm³/mol. The molecule has 0 aromatic heterocycles. The van der Waals surface area contributed by atoms with Gasteiger partial charge in [0, 0.05) is 23.4 Å². The molecule has 0 N–H and O–H groups in total. The van der Waals surface area contributed by atoms with Crippen molar-refractivity contribution in [2.75, 3.05) is 26.4 Å². The van der Waals surface area contributed by atoms with Gasteiger partial charge in [0.1, 0.15) is 0 Å². The molecule has 0 radical (unpaired) electrons. The largest absolute Gasteiger partial charge is 0.435 e. The van der Waals surface area contributed by atoms with E-state index in [1.54, 1.807) is 11.8 Å². The summed E-state index contributed by atoms with van der Waals surface area (Å²) in [5.74, 6) is 0.639. The number of ether oxygens (including phenoxy) is 1. The first-order valence-corrected chi connectivity index (χ1v) is 8.29. The third kappa shape index (κ3) is 2.64. The van der Waals surface area contributed by atoms with Crippen molar-refractivity contribution in [2.24, 2.45) is 0 Å². The number of esters is 1. The van der Waals surface area contributed by atoms with Gasteiger partial charge in [-0.2, -0.15) is 0 Å². The number of hydrogen-bond donors (Lipinski definition) is 0. The molecule has 1 heterocycles. The van der Waals surface area contributed by atoms with Gasteiger partial charge in [-0.1, -0.05) is 48.5 Å². The van der Waals surface area contributed by atoms with Gasteiger partial charge < -0.3 is 9.64 Å². The molecule has 22 heavy (non-hydrogen) atoms. The Bertz CT molecular complexity index is 672. The summed E-state index contributed by atoms with van der Waals surface area (Å²) in [6.07, 6.45) is 0. The van der Waals surface area contributed by atoms with Crippen molar-refractivity contribution in [3.8, 4) is 0 Å². The average Bonchev–Trinajstić information content (AvgIpc) is 2.82. The van der Waals surface area contributed by atoms with Crippen molar-refractivity contribution in [1.82, 2.24) is 4.90 Å². The highest BCUT2D eigenvalue weighted by Gasteiger charge is 2.47. The molecule has 0 aliphatic carbocycles. The highest BCUT2D eigenvalue weighted by molar-refractivity contribution is 8.00. The number of thioether (sulfide) groups is 1. The third-order valence-electron chi connectivity index (χ3n) is 3.74. The lowest BCUT2D eigenvalue weighted by Crippen LogP contribution is -2.26. The van der Waals surface area contributed by atoms with Crippen LogP contribution in [-0.4, -0.2) is 37.3 Å². The molecule has 3 nitrogen and oxygen atoms in total. The number of hydrogen-bond acceptors (Lipinski definition) is 4. The Hall–Kier alpha value is -1.78. The minimum absolute atomic E-state index is 0.239. The van der Waals surface area contributed by atoms with Gasteiger partial charge in [-0.15, -0.1) is 11.8 Å². The van der Waals surface area contributed by atoms with E-state index >= 15 is 0 Å². The first-order valence-electron chi connectivity index (χ1n) is 7.30. The summed E-state index contributed by atoms with van der Waals surface area (Å²) in [5, 5.41) is 0. The highest BCUT2D eigenvalue weighted by atomic mass is 32.2. The van der Waals surface area contributed by atoms with Gasteiger partial charge in [0.25, 0.3) is 0 Å². The molecule has 0 saturated carbocycles. The summed E-state index contributed by atoms with van der Waals surface area (Å²) in [6, 6.07) is 17.7. The smallest absolute Gasteiger partial charge is 0.340 e. The summed E-state index contributed by atoms with van der Waals surface area (Å²) in [5.41, 5.74) is 2.63. The monoisotopic (exact) mass is 313 g/mol. The maximum Gasteiger partial charge on any atom is 0.340 e. The molecule has 1 aliphatic heterocycles. The summed E-state index contributed by atoms with van der Waals surface area (Å²) >= 11 is 1.67. The van der Waals surface area contributed by atoms with Crippen LogP contribution in [0.15, 0.2) is 54.6 Å². The Morgan fingerprint density at radius 1 is 1.05 bits per heavy atom. The Labute approximate surface area is 135 Å². The van der Waals surface area contributed by atoms with E-state index in [-0.39, 0.29) is 5.97 Å². The van der Waals surface area contributed by atoms with Crippen LogP contribution in [0.5, 0.6) is 0 Å². The van der Waals surface area contributed by atoms with E-state index in [0.29, 0.717) is 5.56 Å². The zero-order valence-corrected chi connectivity index (χ0v) is 13.6. The lowest BCUT2D eigenvalue weighted by atomic mass is 9.99. The van der Waals surface area contributed by atoms with Gasteiger partial charge >= 0.3 is 5.97 Å². The van der Waals surface area contributed by atoms with Crippen molar-refractivity contribution >= 4 is 17.7 Å². The topological polar surface area (TPSA) is 29.5 Å². The van der Waals surface area contributed by atoms with Gasteiger partial charge in [-0.05, 0) is 20.2 Å². The van der Waals surface area contributed by atoms with E-state index in [1.807, 2.05) is 68.7 Å². The fourth-order valence-electron chi connectivity index (χ4n) is 2.62. The first-order chi connectivity index (χ1) is 10.6. The Morgan fingerprint density at radius 2 is 1.73 bits per heavy atom. The molecule has 2 aromatic rings. The molecular formula is C18H19NO2S. The number of nitrogens with zero attached hydrogens (tertiary/aromatic N) is 1. The molecule has 114 valence electrons. The number of rotatable bonds is 5. The normalized spacial score (nSPS) is 20.0. The van der Waals surface area contributed by atoms with Crippen molar-refractivity contribution in [2.45, 2.75) is 4.93 Å². The maximum absolute atomic E-state index is 12.3. The van der Waals surface area contributed by atoms with E-state index in [4.69, 9.17) is 4.74 Å². The molecule has 4 heteroatoms. The van der Waals surface area contributed by atoms with Crippen LogP contribution < -0.4 is 0 Å². The number of carbonyl (C=O) groups excluding carboxylic acids is 1.